The minimum absolute atomic E-state index is 0.00330. The van der Waals surface area contributed by atoms with E-state index in [0.717, 1.165) is 0 Å². The Bertz CT molecular complexity index is 2230. The molecule has 2 fully saturated rings. The van der Waals surface area contributed by atoms with E-state index in [9.17, 15) is 34.2 Å². The van der Waals surface area contributed by atoms with Crippen molar-refractivity contribution >= 4 is 69.3 Å². The number of aromatic carboxylic acids is 1. The summed E-state index contributed by atoms with van der Waals surface area (Å²) in [7, 11) is 0. The van der Waals surface area contributed by atoms with Crippen molar-refractivity contribution < 1.29 is 38.9 Å². The first-order chi connectivity index (χ1) is 26.1. The molecule has 0 radical (unpaired) electrons. The zero-order chi connectivity index (χ0) is 37.9. The SMILES string of the molecule is O=C(O)c1cc2cc(NC(=O)C(Cc3ccc(NC(=O)N4CCO[C@H](CO)C4)cc3)N3CCN(c4cc(Cl)ccc4-n4cnnn4)C(=O)C3=O)ccc2[nH]1. The number of carbonyl (C=O) groups is 5. The fraction of sp³-hybridized carbons (Fsp3) is 0.257. The lowest BCUT2D eigenvalue weighted by Gasteiger charge is -2.38. The third kappa shape index (κ3) is 7.56. The van der Waals surface area contributed by atoms with Gasteiger partial charge in [-0.25, -0.2) is 9.59 Å². The summed E-state index contributed by atoms with van der Waals surface area (Å²) in [5.41, 5.74) is 2.71. The highest BCUT2D eigenvalue weighted by Crippen LogP contribution is 2.30. The number of rotatable bonds is 10. The molecule has 2 aliphatic heterocycles. The maximum absolute atomic E-state index is 14.1. The first-order valence-corrected chi connectivity index (χ1v) is 17.2. The smallest absolute Gasteiger partial charge is 0.352 e. The number of aliphatic hydroxyl groups excluding tert-OH is 1. The van der Waals surface area contributed by atoms with Crippen molar-refractivity contribution in [1.29, 1.82) is 0 Å². The Labute approximate surface area is 311 Å². The van der Waals surface area contributed by atoms with Crippen LogP contribution >= 0.6 is 11.6 Å². The van der Waals surface area contributed by atoms with E-state index in [4.69, 9.17) is 16.3 Å². The highest BCUT2D eigenvalue weighted by Gasteiger charge is 2.41. The second-order valence-corrected chi connectivity index (χ2v) is 13.0. The minimum atomic E-state index is -1.16. The molecule has 278 valence electrons. The van der Waals surface area contributed by atoms with Crippen LogP contribution in [0, 0.1) is 0 Å². The number of halogens is 1. The first-order valence-electron chi connectivity index (χ1n) is 16.8. The summed E-state index contributed by atoms with van der Waals surface area (Å²) in [6.45, 7) is 0.701. The molecule has 5 amide bonds. The number of benzene rings is 3. The topological polar surface area (TPSA) is 228 Å². The summed E-state index contributed by atoms with van der Waals surface area (Å²) < 4.78 is 6.76. The molecule has 7 rings (SSSR count). The van der Waals surface area contributed by atoms with Gasteiger partial charge in [0.05, 0.1) is 37.2 Å². The van der Waals surface area contributed by atoms with Crippen LogP contribution in [0.5, 0.6) is 0 Å². The molecule has 2 saturated heterocycles. The lowest BCUT2D eigenvalue weighted by molar-refractivity contribution is -0.149. The lowest BCUT2D eigenvalue weighted by Crippen LogP contribution is -2.60. The van der Waals surface area contributed by atoms with Gasteiger partial charge in [-0.3, -0.25) is 14.4 Å². The van der Waals surface area contributed by atoms with Crippen LogP contribution in [0.1, 0.15) is 16.1 Å². The van der Waals surface area contributed by atoms with Gasteiger partial charge in [0.2, 0.25) is 5.91 Å². The van der Waals surface area contributed by atoms with Crippen LogP contribution in [0.25, 0.3) is 16.6 Å². The van der Waals surface area contributed by atoms with Gasteiger partial charge in [0, 0.05) is 53.4 Å². The van der Waals surface area contributed by atoms with E-state index >= 15 is 0 Å². The van der Waals surface area contributed by atoms with Gasteiger partial charge in [0.1, 0.15) is 18.1 Å². The third-order valence-electron chi connectivity index (χ3n) is 9.14. The van der Waals surface area contributed by atoms with Crippen LogP contribution < -0.4 is 15.5 Å². The Balaban J connectivity index is 1.13. The van der Waals surface area contributed by atoms with Gasteiger partial charge >= 0.3 is 23.8 Å². The fourth-order valence-corrected chi connectivity index (χ4v) is 6.58. The highest BCUT2D eigenvalue weighted by molar-refractivity contribution is 6.41. The summed E-state index contributed by atoms with van der Waals surface area (Å²) in [5, 5.41) is 36.5. The van der Waals surface area contributed by atoms with Crippen molar-refractivity contribution in [2.75, 3.05) is 54.9 Å². The number of amides is 5. The Hall–Kier alpha value is -6.37. The largest absolute Gasteiger partial charge is 0.477 e. The molecule has 2 aromatic heterocycles. The molecule has 2 atom stereocenters. The summed E-state index contributed by atoms with van der Waals surface area (Å²) in [6, 6.07) is 16.2. The zero-order valence-corrected chi connectivity index (χ0v) is 29.1. The number of hydrogen-bond acceptors (Lipinski definition) is 10. The number of aliphatic hydroxyl groups is 1. The maximum atomic E-state index is 14.1. The molecule has 0 aliphatic carbocycles. The number of aromatic nitrogens is 5. The number of urea groups is 1. The molecule has 0 saturated carbocycles. The number of nitrogens with one attached hydrogen (secondary N) is 3. The van der Waals surface area contributed by atoms with E-state index < -0.39 is 35.8 Å². The Morgan fingerprint density at radius 2 is 1.74 bits per heavy atom. The van der Waals surface area contributed by atoms with Crippen LogP contribution in [-0.4, -0.2) is 126 Å². The van der Waals surface area contributed by atoms with Crippen LogP contribution in [0.15, 0.2) is 73.1 Å². The summed E-state index contributed by atoms with van der Waals surface area (Å²) in [4.78, 5) is 73.0. The number of carboxylic acids is 1. The molecule has 19 heteroatoms. The molecular formula is C35H33ClN10O8. The van der Waals surface area contributed by atoms with Crippen molar-refractivity contribution in [3.63, 3.8) is 0 Å². The third-order valence-corrected chi connectivity index (χ3v) is 9.37. The molecule has 0 spiro atoms. The Morgan fingerprint density at radius 3 is 2.48 bits per heavy atom. The monoisotopic (exact) mass is 756 g/mol. The number of fused-ring (bicyclic) bond motifs is 1. The number of carbonyl (C=O) groups excluding carboxylic acids is 4. The van der Waals surface area contributed by atoms with Crippen molar-refractivity contribution in [2.45, 2.75) is 18.6 Å². The number of morpholine rings is 1. The van der Waals surface area contributed by atoms with Crippen molar-refractivity contribution in [1.82, 2.24) is 35.0 Å². The average molecular weight is 757 g/mol. The summed E-state index contributed by atoms with van der Waals surface area (Å²) >= 11 is 6.30. The van der Waals surface area contributed by atoms with Gasteiger partial charge in [-0.2, -0.15) is 4.68 Å². The van der Waals surface area contributed by atoms with Gasteiger partial charge in [0.15, 0.2) is 0 Å². The number of hydrogen-bond donors (Lipinski definition) is 5. The van der Waals surface area contributed by atoms with Crippen LogP contribution in [-0.2, 0) is 25.5 Å². The molecule has 18 nitrogen and oxygen atoms in total. The lowest BCUT2D eigenvalue weighted by atomic mass is 10.0. The number of nitrogens with zero attached hydrogens (tertiary/aromatic N) is 7. The number of ether oxygens (including phenoxy) is 1. The molecule has 0 bridgehead atoms. The van der Waals surface area contributed by atoms with E-state index in [-0.39, 0.29) is 44.4 Å². The van der Waals surface area contributed by atoms with Crippen LogP contribution in [0.4, 0.5) is 21.9 Å². The second kappa shape index (κ2) is 15.3. The number of carboxylic acid groups (broad SMARTS) is 1. The Kier molecular flexibility index (Phi) is 10.2. The van der Waals surface area contributed by atoms with Gasteiger partial charge in [-0.1, -0.05) is 23.7 Å². The van der Waals surface area contributed by atoms with Crippen molar-refractivity contribution in [3.8, 4) is 5.69 Å². The van der Waals surface area contributed by atoms with Gasteiger partial charge in [-0.05, 0) is 70.6 Å². The maximum Gasteiger partial charge on any atom is 0.352 e. The number of aromatic amines is 1. The molecule has 3 aromatic carbocycles. The Morgan fingerprint density at radius 1 is 0.944 bits per heavy atom. The van der Waals surface area contributed by atoms with E-state index in [1.807, 2.05) is 0 Å². The molecular weight excluding hydrogens is 724 g/mol. The van der Waals surface area contributed by atoms with Crippen LogP contribution in [0.2, 0.25) is 5.02 Å². The van der Waals surface area contributed by atoms with Crippen molar-refractivity contribution in [2.24, 2.45) is 0 Å². The molecule has 5 aromatic rings. The van der Waals surface area contributed by atoms with E-state index in [1.165, 1.54) is 32.9 Å². The molecule has 54 heavy (non-hydrogen) atoms. The quantitative estimate of drug-likeness (QED) is 0.130. The van der Waals surface area contributed by atoms with Crippen LogP contribution in [0.3, 0.4) is 0 Å². The number of anilines is 3. The highest BCUT2D eigenvalue weighted by atomic mass is 35.5. The van der Waals surface area contributed by atoms with E-state index in [0.29, 0.717) is 57.4 Å². The summed E-state index contributed by atoms with van der Waals surface area (Å²) in [6.07, 6.45) is 0.884. The summed E-state index contributed by atoms with van der Waals surface area (Å²) in [5.74, 6) is -3.54. The second-order valence-electron chi connectivity index (χ2n) is 12.6. The zero-order valence-electron chi connectivity index (χ0n) is 28.4. The normalized spacial score (nSPS) is 16.8. The molecule has 2 aliphatic rings. The molecule has 5 N–H and O–H groups in total. The first kappa shape index (κ1) is 36.0. The van der Waals surface area contributed by atoms with Gasteiger partial charge < -0.3 is 45.3 Å². The predicted molar refractivity (Wildman–Crippen MR) is 193 cm³/mol. The number of piperazine rings is 1. The van der Waals surface area contributed by atoms with Gasteiger partial charge in [-0.15, -0.1) is 5.10 Å². The molecule has 1 unspecified atom stereocenters. The number of H-pyrrole nitrogens is 1. The van der Waals surface area contributed by atoms with Crippen molar-refractivity contribution in [3.05, 3.63) is 89.3 Å². The van der Waals surface area contributed by atoms with Gasteiger partial charge in [0.25, 0.3) is 0 Å². The van der Waals surface area contributed by atoms with E-state index in [1.54, 1.807) is 59.5 Å². The average Bonchev–Trinajstić information content (AvgIpc) is 3.87. The number of tetrazole rings is 1. The standard InChI is InChI=1S/C35H33ClN10O8/c36-22-3-8-28(46-19-37-41-42-46)29(16-22)44-9-10-45(33(50)32(44)49)30(31(48)38-24-6-7-26-21(14-24)15-27(40-26)34(51)52)13-20-1-4-23(5-2-20)39-35(53)43-11-12-54-25(17-43)18-47/h1-8,14-16,19,25,30,40,47H,9-13,17-18H2,(H,38,48)(H,39,53)(H,51,52)/t25-,30?/m0/s1. The molecule has 4 heterocycles. The predicted octanol–water partition coefficient (Wildman–Crippen LogP) is 2.15. The fourth-order valence-electron chi connectivity index (χ4n) is 6.41. The minimum Gasteiger partial charge on any atom is -0.477 e. The van der Waals surface area contributed by atoms with E-state index in [2.05, 4.69) is 31.1 Å².